The second-order valence-corrected chi connectivity index (χ2v) is 26.3. The largest absolute Gasteiger partial charge is 0.497 e. The number of esters is 2. The number of methoxy groups -OCH3 is 1. The molecule has 0 bridgehead atoms. The molecule has 2 aromatic heterocycles. The van der Waals surface area contributed by atoms with Crippen LogP contribution in [-0.4, -0.2) is 128 Å². The number of hydrogen-bond acceptors (Lipinski definition) is 17. The number of benzene rings is 4. The summed E-state index contributed by atoms with van der Waals surface area (Å²) in [4.78, 5) is 110. The van der Waals surface area contributed by atoms with Gasteiger partial charge in [0.1, 0.15) is 52.9 Å². The summed E-state index contributed by atoms with van der Waals surface area (Å²) in [5.74, 6) is -1.91. The number of carbonyl (C=O) groups is 6. The molecule has 3 aliphatic heterocycles. The molecule has 22 heteroatoms. The Morgan fingerprint density at radius 1 is 0.839 bits per heavy atom. The van der Waals surface area contributed by atoms with Crippen LogP contribution in [0.25, 0.3) is 10.9 Å². The molecule has 0 saturated carbocycles. The van der Waals surface area contributed by atoms with Crippen LogP contribution in [0.1, 0.15) is 120 Å². The lowest BCUT2D eigenvalue weighted by Crippen LogP contribution is -2.71. The molecule has 0 spiro atoms. The topological polar surface area (TPSA) is 232 Å². The summed E-state index contributed by atoms with van der Waals surface area (Å²) in [7, 11) is 3.42. The summed E-state index contributed by atoms with van der Waals surface area (Å²) in [6, 6.07) is 30.0. The number of nitrogens with one attached hydrogen (secondary N) is 2. The zero-order valence-corrected chi connectivity index (χ0v) is 52.3. The zero-order valence-electron chi connectivity index (χ0n) is 50.6. The number of thioether (sulfide) groups is 1. The van der Waals surface area contributed by atoms with Crippen molar-refractivity contribution in [3.05, 3.63) is 164 Å². The summed E-state index contributed by atoms with van der Waals surface area (Å²) >= 11 is 2.36. The standard InChI is InChI=1S/C65H73N7O13S2/c1-63(2,3)83-60(78)65(7,8)85-69-51(47-39-87-61(66-47)68-62(79)84-64(4,5)6)56(75)67-52-57(76)71-53(59(77)82-55(41-20-13-11-14-21-41)42-22-15-12-16-23-42)44(38-86-58(52)71)36-72(31-17-18-32-72)33-19-24-49(73)43-27-30-48-46(34-43)54(74)50(35-70(48)9)81-37-40-25-28-45(80-10)29-26-40/h11-16,20-23,25-30,34-35,39,52,55,58H,17-19,24,31-33,36-38H2,1-10H3,(H-,66,67,68,75,79)/p+1/b69-51-/t52-,58-/m1/s1. The van der Waals surface area contributed by atoms with Gasteiger partial charge in [0.05, 0.1) is 43.8 Å². The quantitative estimate of drug-likeness (QED) is 0.0122. The Labute approximate surface area is 513 Å². The van der Waals surface area contributed by atoms with Gasteiger partial charge in [-0.15, -0.1) is 23.1 Å². The average Bonchev–Trinajstić information content (AvgIpc) is 1.29. The van der Waals surface area contributed by atoms with Crippen LogP contribution in [0.5, 0.6) is 11.5 Å². The Bertz CT molecular complexity index is 3640. The fraction of sp³-hybridized carbons (Fsp3) is 0.400. The Hall–Kier alpha value is -8.34. The third-order valence-electron chi connectivity index (χ3n) is 14.9. The number of oxime groups is 1. The molecule has 2 saturated heterocycles. The van der Waals surface area contributed by atoms with Crippen molar-refractivity contribution in [2.24, 2.45) is 12.2 Å². The number of nitrogens with zero attached hydrogens (tertiary/aromatic N) is 5. The molecule has 3 aliphatic rings. The maximum Gasteiger partial charge on any atom is 0.413 e. The van der Waals surface area contributed by atoms with E-state index in [0.29, 0.717) is 57.5 Å². The molecule has 2 atom stereocenters. The number of ketones is 1. The van der Waals surface area contributed by atoms with Gasteiger partial charge in [0, 0.05) is 55.0 Å². The Morgan fingerprint density at radius 2 is 1.49 bits per heavy atom. The lowest BCUT2D eigenvalue weighted by Gasteiger charge is -2.50. The highest BCUT2D eigenvalue weighted by atomic mass is 32.2. The molecule has 4 aromatic carbocycles. The van der Waals surface area contributed by atoms with Crippen molar-refractivity contribution in [3.63, 3.8) is 0 Å². The van der Waals surface area contributed by atoms with Crippen LogP contribution in [0.15, 0.2) is 136 Å². The van der Waals surface area contributed by atoms with E-state index >= 15 is 4.79 Å². The van der Waals surface area contributed by atoms with Gasteiger partial charge in [-0.1, -0.05) is 78.0 Å². The summed E-state index contributed by atoms with van der Waals surface area (Å²) in [6.07, 6.45) is 2.54. The Kier molecular flexibility index (Phi) is 19.1. The number of β-lactam (4-membered cyclic amide) rings is 1. The molecule has 3 amide bonds. The smallest absolute Gasteiger partial charge is 0.413 e. The molecule has 5 heterocycles. The van der Waals surface area contributed by atoms with Gasteiger partial charge in [0.25, 0.3) is 11.8 Å². The number of rotatable bonds is 22. The summed E-state index contributed by atoms with van der Waals surface area (Å²) < 4.78 is 31.1. The van der Waals surface area contributed by atoms with Crippen molar-refractivity contribution in [1.29, 1.82) is 0 Å². The lowest BCUT2D eigenvalue weighted by molar-refractivity contribution is -0.912. The minimum atomic E-state index is -1.70. The molecule has 20 nitrogen and oxygen atoms in total. The van der Waals surface area contributed by atoms with Gasteiger partial charge in [-0.2, -0.15) is 0 Å². The third-order valence-corrected chi connectivity index (χ3v) is 17.0. The Balaban J connectivity index is 0.973. The maximum absolute atomic E-state index is 15.2. The monoisotopic (exact) mass is 1220 g/mol. The van der Waals surface area contributed by atoms with Crippen LogP contribution in [0.4, 0.5) is 9.93 Å². The number of ether oxygens (including phenoxy) is 5. The van der Waals surface area contributed by atoms with Crippen LogP contribution in [0.2, 0.25) is 0 Å². The van der Waals surface area contributed by atoms with Crippen molar-refractivity contribution in [1.82, 2.24) is 19.8 Å². The SMILES string of the molecule is COc1ccc(COc2cn(C)c3ccc(C(=O)CCC[N+]4(CC5=C(C(=O)OC(c6ccccc6)c6ccccc6)N6C(=O)[C@@H](NC(=O)/C(=N\OC(C)(C)C(=O)OC(C)(C)C)c7csc(NC(=O)OC(C)(C)C)n7)[C@H]6SC5)CCCC4)cc3c2=O)cc1. The highest BCUT2D eigenvalue weighted by molar-refractivity contribution is 8.00. The number of pyridine rings is 1. The lowest BCUT2D eigenvalue weighted by atomic mass is 10.00. The van der Waals surface area contributed by atoms with Gasteiger partial charge in [0.15, 0.2) is 28.5 Å². The number of fused-ring (bicyclic) bond motifs is 2. The van der Waals surface area contributed by atoms with Gasteiger partial charge < -0.3 is 42.9 Å². The van der Waals surface area contributed by atoms with E-state index in [9.17, 15) is 28.8 Å². The molecule has 9 rings (SSSR count). The second kappa shape index (κ2) is 26.3. The second-order valence-electron chi connectivity index (χ2n) is 24.3. The van der Waals surface area contributed by atoms with Crippen molar-refractivity contribution in [2.45, 2.75) is 122 Å². The number of thiazole rings is 1. The van der Waals surface area contributed by atoms with Gasteiger partial charge in [-0.3, -0.25) is 29.4 Å². The number of quaternary nitrogens is 1. The zero-order chi connectivity index (χ0) is 62.4. The fourth-order valence-electron chi connectivity index (χ4n) is 10.6. The molecule has 6 aromatic rings. The van der Waals surface area contributed by atoms with Crippen molar-refractivity contribution in [3.8, 4) is 11.5 Å². The van der Waals surface area contributed by atoms with E-state index < -0.39 is 69.9 Å². The number of Topliss-reactive ketones (excluding diaryl/α,β-unsaturated/α-hetero) is 1. The van der Waals surface area contributed by atoms with Gasteiger partial charge in [-0.25, -0.2) is 19.4 Å². The van der Waals surface area contributed by atoms with E-state index in [1.165, 1.54) is 35.9 Å². The van der Waals surface area contributed by atoms with Crippen molar-refractivity contribution in [2.75, 3.05) is 44.4 Å². The molecular weight excluding hydrogens is 1150 g/mol. The number of hydrogen-bond donors (Lipinski definition) is 2. The van der Waals surface area contributed by atoms with Gasteiger partial charge >= 0.3 is 18.0 Å². The molecule has 87 heavy (non-hydrogen) atoms. The maximum atomic E-state index is 15.2. The minimum Gasteiger partial charge on any atom is -0.497 e. The van der Waals surface area contributed by atoms with Crippen LogP contribution in [0, 0.1) is 0 Å². The normalized spacial score (nSPS) is 16.8. The third kappa shape index (κ3) is 15.3. The molecule has 2 fully saturated rings. The number of carbonyl (C=O) groups excluding carboxylic acids is 6. The molecule has 2 N–H and O–H groups in total. The first-order chi connectivity index (χ1) is 41.3. The first-order valence-corrected chi connectivity index (χ1v) is 30.8. The van der Waals surface area contributed by atoms with Crippen molar-refractivity contribution >= 4 is 80.5 Å². The number of amides is 3. The molecule has 0 unspecified atom stereocenters. The average molecular weight is 1230 g/mol. The summed E-state index contributed by atoms with van der Waals surface area (Å²) in [5.41, 5.74) is -0.0382. The van der Waals surface area contributed by atoms with Crippen LogP contribution >= 0.6 is 23.1 Å². The molecule has 0 aliphatic carbocycles. The number of aryl methyl sites for hydroxylation is 1. The van der Waals surface area contributed by atoms with Gasteiger partial charge in [-0.05, 0) is 102 Å². The van der Waals surface area contributed by atoms with E-state index in [4.69, 9.17) is 28.5 Å². The molecule has 0 radical (unpaired) electrons. The van der Waals surface area contributed by atoms with Crippen LogP contribution in [-0.2, 0) is 51.9 Å². The predicted octanol–water partition coefficient (Wildman–Crippen LogP) is 10.0. The molecular formula is C65H74N7O13S2+. The first kappa shape index (κ1) is 63.2. The van der Waals surface area contributed by atoms with E-state index in [-0.39, 0.29) is 46.5 Å². The Morgan fingerprint density at radius 3 is 2.13 bits per heavy atom. The van der Waals surface area contributed by atoms with E-state index in [2.05, 4.69) is 20.8 Å². The molecule has 458 valence electrons. The van der Waals surface area contributed by atoms with E-state index in [0.717, 1.165) is 54.0 Å². The fourth-order valence-corrected chi connectivity index (χ4v) is 12.6. The van der Waals surface area contributed by atoms with Crippen LogP contribution < -0.4 is 25.5 Å². The highest BCUT2D eigenvalue weighted by Crippen LogP contribution is 2.43. The number of anilines is 1. The van der Waals surface area contributed by atoms with Crippen LogP contribution in [0.3, 0.4) is 0 Å². The predicted molar refractivity (Wildman–Crippen MR) is 331 cm³/mol. The van der Waals surface area contributed by atoms with Crippen molar-refractivity contribution < 1.29 is 61.8 Å². The first-order valence-electron chi connectivity index (χ1n) is 28.8. The highest BCUT2D eigenvalue weighted by Gasteiger charge is 2.56. The van der Waals surface area contributed by atoms with Gasteiger partial charge in [0.2, 0.25) is 11.0 Å². The minimum absolute atomic E-state index is 0.0478. The summed E-state index contributed by atoms with van der Waals surface area (Å²) in [5, 5.41) is 10.6. The number of likely N-dealkylation sites (tertiary alicyclic amines) is 1. The summed E-state index contributed by atoms with van der Waals surface area (Å²) in [6.45, 7) is 15.7. The van der Waals surface area contributed by atoms with E-state index in [1.54, 1.807) is 73.0 Å². The van der Waals surface area contributed by atoms with E-state index in [1.807, 2.05) is 96.5 Å². The number of aromatic nitrogens is 2.